The summed E-state index contributed by atoms with van der Waals surface area (Å²) in [4.78, 5) is 37.1. The largest absolute Gasteiger partial charge is 0.351 e. The Morgan fingerprint density at radius 3 is 2.32 bits per heavy atom. The van der Waals surface area contributed by atoms with Crippen LogP contribution in [0.25, 0.3) is 0 Å². The van der Waals surface area contributed by atoms with Crippen LogP contribution >= 0.6 is 0 Å². The van der Waals surface area contributed by atoms with Gasteiger partial charge in [0.15, 0.2) is 5.78 Å². The molecule has 0 unspecified atom stereocenters. The highest BCUT2D eigenvalue weighted by Crippen LogP contribution is 2.18. The van der Waals surface area contributed by atoms with Crippen LogP contribution in [0.5, 0.6) is 0 Å². The molecule has 0 aliphatic carbocycles. The predicted molar refractivity (Wildman–Crippen MR) is 95.0 cm³/mol. The molecule has 2 aromatic rings. The first kappa shape index (κ1) is 16.6. The van der Waals surface area contributed by atoms with Crippen molar-refractivity contribution in [3.05, 3.63) is 77.5 Å². The zero-order chi connectivity index (χ0) is 17.8. The lowest BCUT2D eigenvalue weighted by Gasteiger charge is -2.15. The van der Waals surface area contributed by atoms with Gasteiger partial charge in [0, 0.05) is 23.9 Å². The number of carbonyl (C=O) groups excluding carboxylic acids is 3. The Morgan fingerprint density at radius 2 is 1.68 bits per heavy atom. The van der Waals surface area contributed by atoms with E-state index in [9.17, 15) is 14.4 Å². The van der Waals surface area contributed by atoms with Gasteiger partial charge in [-0.2, -0.15) is 0 Å². The van der Waals surface area contributed by atoms with E-state index in [1.807, 2.05) is 30.3 Å². The maximum Gasteiger partial charge on any atom is 0.277 e. The van der Waals surface area contributed by atoms with Crippen molar-refractivity contribution >= 4 is 23.3 Å². The summed E-state index contributed by atoms with van der Waals surface area (Å²) in [7, 11) is 0. The standard InChI is InChI=1S/C20H18N2O3/c1-14(23)16-7-9-17(10-8-16)21-18-13-19(24)22(20(18)25)12-11-15-5-3-2-4-6-15/h2-10,13,21H,11-12H2,1H3. The Hall–Kier alpha value is -3.21. The van der Waals surface area contributed by atoms with Crippen molar-refractivity contribution in [2.24, 2.45) is 0 Å². The number of ketones is 1. The van der Waals surface area contributed by atoms with Crippen molar-refractivity contribution in [1.82, 2.24) is 4.90 Å². The molecular weight excluding hydrogens is 316 g/mol. The second-order valence-corrected chi connectivity index (χ2v) is 5.85. The SMILES string of the molecule is CC(=O)c1ccc(NC2=CC(=O)N(CCc3ccccc3)C2=O)cc1. The lowest BCUT2D eigenvalue weighted by atomic mass is 10.1. The smallest absolute Gasteiger partial charge is 0.277 e. The number of carbonyl (C=O) groups is 3. The molecule has 2 amide bonds. The number of benzene rings is 2. The highest BCUT2D eigenvalue weighted by Gasteiger charge is 2.30. The van der Waals surface area contributed by atoms with E-state index in [4.69, 9.17) is 0 Å². The van der Waals surface area contributed by atoms with Crippen LogP contribution in [0.1, 0.15) is 22.8 Å². The molecule has 5 heteroatoms. The van der Waals surface area contributed by atoms with Gasteiger partial charge in [-0.25, -0.2) is 0 Å². The van der Waals surface area contributed by atoms with Crippen LogP contribution in [0, 0.1) is 0 Å². The molecule has 1 aliphatic heterocycles. The third kappa shape index (κ3) is 3.83. The van der Waals surface area contributed by atoms with Gasteiger partial charge < -0.3 is 5.32 Å². The van der Waals surface area contributed by atoms with Crippen molar-refractivity contribution < 1.29 is 14.4 Å². The predicted octanol–water partition coefficient (Wildman–Crippen LogP) is 2.80. The molecule has 0 aromatic heterocycles. The van der Waals surface area contributed by atoms with E-state index >= 15 is 0 Å². The molecule has 2 aromatic carbocycles. The molecular formula is C20H18N2O3. The maximum atomic E-state index is 12.4. The third-order valence-electron chi connectivity index (χ3n) is 4.05. The van der Waals surface area contributed by atoms with Crippen LogP contribution in [0.2, 0.25) is 0 Å². The summed E-state index contributed by atoms with van der Waals surface area (Å²) < 4.78 is 0. The Balaban J connectivity index is 1.64. The maximum absolute atomic E-state index is 12.4. The Bertz CT molecular complexity index is 839. The third-order valence-corrected chi connectivity index (χ3v) is 4.05. The fourth-order valence-electron chi connectivity index (χ4n) is 2.64. The summed E-state index contributed by atoms with van der Waals surface area (Å²) in [5.41, 5.74) is 2.57. The van der Waals surface area contributed by atoms with Gasteiger partial charge in [-0.15, -0.1) is 0 Å². The van der Waals surface area contributed by atoms with E-state index in [1.165, 1.54) is 17.9 Å². The molecule has 0 atom stereocenters. The normalized spacial score (nSPS) is 13.8. The van der Waals surface area contributed by atoms with Crippen molar-refractivity contribution in [2.75, 3.05) is 11.9 Å². The van der Waals surface area contributed by atoms with Gasteiger partial charge >= 0.3 is 0 Å². The number of rotatable bonds is 6. The van der Waals surface area contributed by atoms with Gasteiger partial charge in [0.25, 0.3) is 11.8 Å². The van der Waals surface area contributed by atoms with Crippen molar-refractivity contribution in [2.45, 2.75) is 13.3 Å². The molecule has 25 heavy (non-hydrogen) atoms. The second kappa shape index (κ2) is 7.13. The molecule has 0 bridgehead atoms. The highest BCUT2D eigenvalue weighted by molar-refractivity contribution is 6.17. The van der Waals surface area contributed by atoms with Gasteiger partial charge in [-0.05, 0) is 43.2 Å². The molecule has 0 spiro atoms. The highest BCUT2D eigenvalue weighted by atomic mass is 16.2. The lowest BCUT2D eigenvalue weighted by molar-refractivity contribution is -0.137. The molecule has 126 valence electrons. The number of nitrogens with one attached hydrogen (secondary N) is 1. The topological polar surface area (TPSA) is 66.5 Å². The molecule has 1 N–H and O–H groups in total. The fraction of sp³-hybridized carbons (Fsp3) is 0.150. The van der Waals surface area contributed by atoms with Crippen LogP contribution < -0.4 is 5.32 Å². The van der Waals surface area contributed by atoms with E-state index in [-0.39, 0.29) is 23.3 Å². The molecule has 1 heterocycles. The van der Waals surface area contributed by atoms with Crippen molar-refractivity contribution in [3.8, 4) is 0 Å². The number of amides is 2. The van der Waals surface area contributed by atoms with Crippen LogP contribution in [0.15, 0.2) is 66.4 Å². The first-order valence-corrected chi connectivity index (χ1v) is 8.04. The van der Waals surface area contributed by atoms with Gasteiger partial charge in [-0.1, -0.05) is 30.3 Å². The van der Waals surface area contributed by atoms with E-state index in [1.54, 1.807) is 24.3 Å². The van der Waals surface area contributed by atoms with Crippen LogP contribution in [0.3, 0.4) is 0 Å². The Kier molecular flexibility index (Phi) is 4.75. The van der Waals surface area contributed by atoms with Crippen LogP contribution in [-0.4, -0.2) is 29.0 Å². The van der Waals surface area contributed by atoms with E-state index in [0.29, 0.717) is 24.2 Å². The number of Topliss-reactive ketones (excluding diaryl/α,β-unsaturated/α-hetero) is 1. The van der Waals surface area contributed by atoms with E-state index in [0.717, 1.165) is 5.56 Å². The van der Waals surface area contributed by atoms with E-state index < -0.39 is 0 Å². The second-order valence-electron chi connectivity index (χ2n) is 5.85. The van der Waals surface area contributed by atoms with Crippen molar-refractivity contribution in [3.63, 3.8) is 0 Å². The number of imide groups is 1. The monoisotopic (exact) mass is 334 g/mol. The van der Waals surface area contributed by atoms with Crippen LogP contribution in [-0.2, 0) is 16.0 Å². The van der Waals surface area contributed by atoms with Gasteiger partial charge in [0.1, 0.15) is 5.70 Å². The molecule has 0 saturated heterocycles. The minimum atomic E-state index is -0.337. The molecule has 5 nitrogen and oxygen atoms in total. The zero-order valence-corrected chi connectivity index (χ0v) is 13.9. The molecule has 0 radical (unpaired) electrons. The number of nitrogens with zero attached hydrogens (tertiary/aromatic N) is 1. The summed E-state index contributed by atoms with van der Waals surface area (Å²) in [5.74, 6) is -0.676. The summed E-state index contributed by atoms with van der Waals surface area (Å²) in [5, 5.41) is 2.95. The first-order chi connectivity index (χ1) is 12.0. The molecule has 1 aliphatic rings. The zero-order valence-electron chi connectivity index (χ0n) is 13.9. The molecule has 0 fully saturated rings. The number of hydrogen-bond donors (Lipinski definition) is 1. The summed E-state index contributed by atoms with van der Waals surface area (Å²) >= 11 is 0. The Labute approximate surface area is 146 Å². The summed E-state index contributed by atoms with van der Waals surface area (Å²) in [6, 6.07) is 16.5. The Morgan fingerprint density at radius 1 is 1.00 bits per heavy atom. The quantitative estimate of drug-likeness (QED) is 0.652. The van der Waals surface area contributed by atoms with Gasteiger partial charge in [-0.3, -0.25) is 19.3 Å². The average molecular weight is 334 g/mol. The van der Waals surface area contributed by atoms with E-state index in [2.05, 4.69) is 5.32 Å². The van der Waals surface area contributed by atoms with Crippen molar-refractivity contribution in [1.29, 1.82) is 0 Å². The fourth-order valence-corrected chi connectivity index (χ4v) is 2.64. The van der Waals surface area contributed by atoms with Gasteiger partial charge in [0.05, 0.1) is 0 Å². The number of anilines is 1. The lowest BCUT2D eigenvalue weighted by Crippen LogP contribution is -2.33. The summed E-state index contributed by atoms with van der Waals surface area (Å²) in [6.07, 6.45) is 1.93. The minimum absolute atomic E-state index is 0.0232. The summed E-state index contributed by atoms with van der Waals surface area (Å²) in [6.45, 7) is 1.83. The average Bonchev–Trinajstić information content (AvgIpc) is 2.88. The van der Waals surface area contributed by atoms with Gasteiger partial charge in [0.2, 0.25) is 0 Å². The van der Waals surface area contributed by atoms with Crippen LogP contribution in [0.4, 0.5) is 5.69 Å². The number of hydrogen-bond acceptors (Lipinski definition) is 4. The molecule has 0 saturated carbocycles. The molecule has 3 rings (SSSR count). The first-order valence-electron chi connectivity index (χ1n) is 8.04. The minimum Gasteiger partial charge on any atom is -0.351 e.